The molecule has 21 heavy (non-hydrogen) atoms. The van der Waals surface area contributed by atoms with Crippen LogP contribution in [-0.4, -0.2) is 36.2 Å². The molecule has 8 nitrogen and oxygen atoms in total. The van der Waals surface area contributed by atoms with E-state index in [-0.39, 0.29) is 11.7 Å². The minimum Gasteiger partial charge on any atom is -0.369 e. The molecule has 0 aliphatic rings. The number of nitrogens with zero attached hydrogens (tertiary/aromatic N) is 5. The van der Waals surface area contributed by atoms with E-state index in [0.717, 1.165) is 5.69 Å². The van der Waals surface area contributed by atoms with Crippen molar-refractivity contribution in [2.24, 2.45) is 0 Å². The predicted molar refractivity (Wildman–Crippen MR) is 81.4 cm³/mol. The second kappa shape index (κ2) is 5.66. The standard InChI is InChI=1S/C11H11N7OS2/c1-6-4-7-16-17-11(18(7)9(12)14-6)21-5-8(19)15-10-13-2-3-20-10/h2-4H,5H2,1H3,(H2,12,14)(H,13,15,19). The summed E-state index contributed by atoms with van der Waals surface area (Å²) in [6.07, 6.45) is 1.63. The second-order valence-corrected chi connectivity index (χ2v) is 5.94. The normalized spacial score (nSPS) is 10.9. The molecule has 0 radical (unpaired) electrons. The first-order valence-electron chi connectivity index (χ1n) is 5.94. The molecule has 3 N–H and O–H groups in total. The lowest BCUT2D eigenvalue weighted by atomic mass is 10.4. The van der Waals surface area contributed by atoms with Crippen molar-refractivity contribution in [3.05, 3.63) is 23.3 Å². The molecule has 3 aromatic heterocycles. The summed E-state index contributed by atoms with van der Waals surface area (Å²) in [7, 11) is 0. The Kier molecular flexibility index (Phi) is 3.71. The number of fused-ring (bicyclic) bond motifs is 1. The zero-order valence-electron chi connectivity index (χ0n) is 11.0. The average molecular weight is 321 g/mol. The smallest absolute Gasteiger partial charge is 0.236 e. The molecule has 0 aromatic carbocycles. The highest BCUT2D eigenvalue weighted by Gasteiger charge is 2.13. The number of nitrogens with two attached hydrogens (primary N) is 1. The van der Waals surface area contributed by atoms with Gasteiger partial charge in [0, 0.05) is 23.3 Å². The zero-order valence-corrected chi connectivity index (χ0v) is 12.6. The Hall–Kier alpha value is -2.20. The van der Waals surface area contributed by atoms with Crippen molar-refractivity contribution in [1.29, 1.82) is 0 Å². The van der Waals surface area contributed by atoms with Gasteiger partial charge in [0.25, 0.3) is 0 Å². The minimum atomic E-state index is -0.162. The quantitative estimate of drug-likeness (QED) is 0.694. The van der Waals surface area contributed by atoms with Crippen LogP contribution in [0.2, 0.25) is 0 Å². The third kappa shape index (κ3) is 2.95. The number of amides is 1. The molecule has 3 heterocycles. The highest BCUT2D eigenvalue weighted by Crippen LogP contribution is 2.20. The molecule has 0 spiro atoms. The number of aromatic nitrogens is 5. The van der Waals surface area contributed by atoms with E-state index in [1.165, 1.54) is 23.1 Å². The molecule has 0 saturated heterocycles. The maximum Gasteiger partial charge on any atom is 0.236 e. The van der Waals surface area contributed by atoms with Gasteiger partial charge in [0.05, 0.1) is 5.75 Å². The molecule has 10 heteroatoms. The maximum absolute atomic E-state index is 11.8. The lowest BCUT2D eigenvalue weighted by Gasteiger charge is -2.03. The lowest BCUT2D eigenvalue weighted by Crippen LogP contribution is -2.14. The summed E-state index contributed by atoms with van der Waals surface area (Å²) in [4.78, 5) is 20.0. The van der Waals surface area contributed by atoms with E-state index in [1.807, 2.05) is 6.92 Å². The summed E-state index contributed by atoms with van der Waals surface area (Å²) < 4.78 is 1.62. The maximum atomic E-state index is 11.8. The van der Waals surface area contributed by atoms with Crippen molar-refractivity contribution >= 4 is 45.7 Å². The van der Waals surface area contributed by atoms with Crippen LogP contribution < -0.4 is 11.1 Å². The lowest BCUT2D eigenvalue weighted by molar-refractivity contribution is -0.113. The van der Waals surface area contributed by atoms with Crippen LogP contribution in [0.1, 0.15) is 5.69 Å². The van der Waals surface area contributed by atoms with Crippen molar-refractivity contribution in [3.8, 4) is 0 Å². The van der Waals surface area contributed by atoms with E-state index in [0.29, 0.717) is 21.9 Å². The van der Waals surface area contributed by atoms with Crippen LogP contribution in [0.3, 0.4) is 0 Å². The van der Waals surface area contributed by atoms with Crippen molar-refractivity contribution in [3.63, 3.8) is 0 Å². The fourth-order valence-electron chi connectivity index (χ4n) is 1.70. The van der Waals surface area contributed by atoms with Gasteiger partial charge in [-0.1, -0.05) is 11.8 Å². The average Bonchev–Trinajstić information content (AvgIpc) is 3.05. The van der Waals surface area contributed by atoms with Crippen LogP contribution in [0.4, 0.5) is 11.1 Å². The van der Waals surface area contributed by atoms with Gasteiger partial charge in [-0.25, -0.2) is 14.4 Å². The molecular formula is C11H11N7OS2. The number of thiazole rings is 1. The summed E-state index contributed by atoms with van der Waals surface area (Å²) in [5.74, 6) is 0.330. The molecule has 3 aromatic rings. The Morgan fingerprint density at radius 3 is 3.14 bits per heavy atom. The summed E-state index contributed by atoms with van der Waals surface area (Å²) in [5.41, 5.74) is 7.25. The molecular weight excluding hydrogens is 310 g/mol. The topological polar surface area (TPSA) is 111 Å². The molecule has 108 valence electrons. The first-order valence-corrected chi connectivity index (χ1v) is 7.80. The SMILES string of the molecule is Cc1cc2nnc(SCC(=O)Nc3nccs3)n2c(N)n1. The van der Waals surface area contributed by atoms with Crippen LogP contribution in [0.25, 0.3) is 5.65 Å². The van der Waals surface area contributed by atoms with Crippen molar-refractivity contribution < 1.29 is 4.79 Å². The van der Waals surface area contributed by atoms with Crippen LogP contribution in [0.15, 0.2) is 22.8 Å². The molecule has 0 saturated carbocycles. The van der Waals surface area contributed by atoms with Gasteiger partial charge in [-0.05, 0) is 6.92 Å². The Morgan fingerprint density at radius 2 is 2.38 bits per heavy atom. The van der Waals surface area contributed by atoms with Crippen LogP contribution in [0.5, 0.6) is 0 Å². The highest BCUT2D eigenvalue weighted by molar-refractivity contribution is 7.99. The van der Waals surface area contributed by atoms with Gasteiger partial charge in [0.15, 0.2) is 15.9 Å². The van der Waals surface area contributed by atoms with Crippen molar-refractivity contribution in [2.75, 3.05) is 16.8 Å². The number of hydrogen-bond acceptors (Lipinski definition) is 8. The fourth-order valence-corrected chi connectivity index (χ4v) is 3.00. The molecule has 0 unspecified atom stereocenters. The number of hydrogen-bond donors (Lipinski definition) is 2. The molecule has 0 aliphatic heterocycles. The molecule has 0 aliphatic carbocycles. The molecule has 3 rings (SSSR count). The van der Waals surface area contributed by atoms with Gasteiger partial charge < -0.3 is 11.1 Å². The monoisotopic (exact) mass is 321 g/mol. The van der Waals surface area contributed by atoms with Crippen LogP contribution in [-0.2, 0) is 4.79 Å². The minimum absolute atomic E-state index is 0.162. The largest absolute Gasteiger partial charge is 0.369 e. The van der Waals surface area contributed by atoms with Crippen molar-refractivity contribution in [1.82, 2.24) is 24.6 Å². The number of thioether (sulfide) groups is 1. The number of nitrogens with one attached hydrogen (secondary N) is 1. The second-order valence-electron chi connectivity index (χ2n) is 4.11. The summed E-state index contributed by atoms with van der Waals surface area (Å²) >= 11 is 2.61. The van der Waals surface area contributed by atoms with Gasteiger partial charge in [-0.15, -0.1) is 21.5 Å². The Labute approximate surface area is 127 Å². The van der Waals surface area contributed by atoms with Crippen molar-refractivity contribution in [2.45, 2.75) is 12.1 Å². The number of nitrogen functional groups attached to an aromatic ring is 1. The zero-order chi connectivity index (χ0) is 14.8. The fraction of sp³-hybridized carbons (Fsp3) is 0.182. The number of carbonyl (C=O) groups is 1. The number of aryl methyl sites for hydroxylation is 1. The van der Waals surface area contributed by atoms with E-state index in [4.69, 9.17) is 5.73 Å². The van der Waals surface area contributed by atoms with E-state index in [2.05, 4.69) is 25.5 Å². The van der Waals surface area contributed by atoms with Gasteiger partial charge in [0.2, 0.25) is 11.9 Å². The Morgan fingerprint density at radius 1 is 1.52 bits per heavy atom. The molecule has 0 fully saturated rings. The van der Waals surface area contributed by atoms with Crippen LogP contribution in [0, 0.1) is 6.92 Å². The summed E-state index contributed by atoms with van der Waals surface area (Å²) in [6, 6.07) is 1.78. The van der Waals surface area contributed by atoms with Gasteiger partial charge in [-0.2, -0.15) is 0 Å². The van der Waals surface area contributed by atoms with Gasteiger partial charge >= 0.3 is 0 Å². The molecule has 0 bridgehead atoms. The van der Waals surface area contributed by atoms with E-state index in [1.54, 1.807) is 22.0 Å². The Bertz CT molecular complexity index is 783. The van der Waals surface area contributed by atoms with Gasteiger partial charge in [0.1, 0.15) is 0 Å². The van der Waals surface area contributed by atoms with E-state index >= 15 is 0 Å². The highest BCUT2D eigenvalue weighted by atomic mass is 32.2. The molecule has 0 atom stereocenters. The number of rotatable bonds is 4. The molecule has 1 amide bonds. The first kappa shape index (κ1) is 13.8. The summed E-state index contributed by atoms with van der Waals surface area (Å²) in [6.45, 7) is 1.83. The van der Waals surface area contributed by atoms with Gasteiger partial charge in [-0.3, -0.25) is 4.79 Å². The number of anilines is 2. The summed E-state index contributed by atoms with van der Waals surface area (Å²) in [5, 5.41) is 13.7. The van der Waals surface area contributed by atoms with Crippen LogP contribution >= 0.6 is 23.1 Å². The van der Waals surface area contributed by atoms with E-state index < -0.39 is 0 Å². The third-order valence-electron chi connectivity index (χ3n) is 2.53. The first-order chi connectivity index (χ1) is 10.1. The third-order valence-corrected chi connectivity index (χ3v) is 4.14. The Balaban J connectivity index is 1.72. The number of carbonyl (C=O) groups excluding carboxylic acids is 1. The predicted octanol–water partition coefficient (Wildman–Crippen LogP) is 1.20. The van der Waals surface area contributed by atoms with E-state index in [9.17, 15) is 4.79 Å².